The first-order chi connectivity index (χ1) is 10.3. The lowest BCUT2D eigenvalue weighted by atomic mass is 9.89. The van der Waals surface area contributed by atoms with E-state index >= 15 is 0 Å². The summed E-state index contributed by atoms with van der Waals surface area (Å²) in [5, 5.41) is 0. The van der Waals surface area contributed by atoms with Crippen molar-refractivity contribution in [3.8, 4) is 5.75 Å². The van der Waals surface area contributed by atoms with Gasteiger partial charge in [0, 0.05) is 23.9 Å². The Hall–Kier alpha value is -2.04. The predicted molar refractivity (Wildman–Crippen MR) is 80.2 cm³/mol. The van der Waals surface area contributed by atoms with Gasteiger partial charge in [-0.15, -0.1) is 0 Å². The summed E-state index contributed by atoms with van der Waals surface area (Å²) in [7, 11) is 3.73. The first-order valence-corrected chi connectivity index (χ1v) is 7.06. The van der Waals surface area contributed by atoms with Crippen molar-refractivity contribution in [3.05, 3.63) is 53.6 Å². The summed E-state index contributed by atoms with van der Waals surface area (Å²) in [4.78, 5) is 2.17. The molecule has 0 aliphatic carbocycles. The Labute approximate surface area is 123 Å². The highest BCUT2D eigenvalue weighted by Gasteiger charge is 2.47. The molecule has 2 aromatic carbocycles. The number of anilines is 2. The second-order valence-electron chi connectivity index (χ2n) is 5.27. The van der Waals surface area contributed by atoms with Gasteiger partial charge in [0.05, 0.1) is 26.0 Å². The first-order valence-electron chi connectivity index (χ1n) is 7.06. The van der Waals surface area contributed by atoms with Crippen LogP contribution in [-0.2, 0) is 15.3 Å². The van der Waals surface area contributed by atoms with Gasteiger partial charge in [0.15, 0.2) is 0 Å². The Morgan fingerprint density at radius 1 is 1.00 bits per heavy atom. The average molecular weight is 283 g/mol. The zero-order valence-electron chi connectivity index (χ0n) is 12.1. The van der Waals surface area contributed by atoms with Gasteiger partial charge in [0.1, 0.15) is 5.75 Å². The highest BCUT2D eigenvalue weighted by molar-refractivity contribution is 5.77. The van der Waals surface area contributed by atoms with Crippen LogP contribution in [-0.4, -0.2) is 27.4 Å². The van der Waals surface area contributed by atoms with Gasteiger partial charge in [-0.05, 0) is 24.3 Å². The molecule has 2 aromatic rings. The number of para-hydroxylation sites is 1. The van der Waals surface area contributed by atoms with Crippen molar-refractivity contribution in [1.82, 2.24) is 0 Å². The molecule has 0 aromatic heterocycles. The van der Waals surface area contributed by atoms with Crippen LogP contribution in [0.15, 0.2) is 42.5 Å². The van der Waals surface area contributed by atoms with Crippen LogP contribution in [0.3, 0.4) is 0 Å². The molecule has 4 heteroatoms. The third-order valence-corrected chi connectivity index (χ3v) is 4.23. The number of hydrogen-bond acceptors (Lipinski definition) is 4. The number of nitrogens with zero attached hydrogens (tertiary/aromatic N) is 1. The van der Waals surface area contributed by atoms with E-state index in [9.17, 15) is 0 Å². The van der Waals surface area contributed by atoms with E-state index in [0.717, 1.165) is 28.3 Å². The van der Waals surface area contributed by atoms with Crippen LogP contribution in [0, 0.1) is 0 Å². The van der Waals surface area contributed by atoms with Crippen molar-refractivity contribution in [1.29, 1.82) is 0 Å². The lowest BCUT2D eigenvalue weighted by Gasteiger charge is -2.40. The van der Waals surface area contributed by atoms with Crippen LogP contribution in [0.25, 0.3) is 0 Å². The Balaban J connectivity index is 2.02. The van der Waals surface area contributed by atoms with E-state index in [-0.39, 0.29) is 0 Å². The zero-order valence-corrected chi connectivity index (χ0v) is 12.1. The quantitative estimate of drug-likeness (QED) is 0.805. The van der Waals surface area contributed by atoms with Gasteiger partial charge in [0.25, 0.3) is 0 Å². The lowest BCUT2D eigenvalue weighted by molar-refractivity contribution is -0.130. The van der Waals surface area contributed by atoms with E-state index < -0.39 is 5.79 Å². The minimum atomic E-state index is -0.813. The summed E-state index contributed by atoms with van der Waals surface area (Å²) in [6, 6.07) is 14.2. The number of benzene rings is 2. The normalized spacial score (nSPS) is 18.5. The maximum Gasteiger partial charge on any atom is 0.226 e. The molecule has 0 N–H and O–H groups in total. The van der Waals surface area contributed by atoms with Gasteiger partial charge in [-0.1, -0.05) is 18.2 Å². The summed E-state index contributed by atoms with van der Waals surface area (Å²) >= 11 is 0. The van der Waals surface area contributed by atoms with E-state index in [4.69, 9.17) is 14.2 Å². The van der Waals surface area contributed by atoms with Crippen molar-refractivity contribution < 1.29 is 14.2 Å². The van der Waals surface area contributed by atoms with Crippen LogP contribution >= 0.6 is 0 Å². The molecule has 0 atom stereocenters. The first kappa shape index (κ1) is 12.7. The van der Waals surface area contributed by atoms with E-state index in [1.165, 1.54) is 0 Å². The van der Waals surface area contributed by atoms with Crippen molar-refractivity contribution in [3.63, 3.8) is 0 Å². The standard InChI is InChI=1S/C17H17NO3/c1-18-15-6-4-3-5-13(15)17(20-9-10-21-17)14-11-12(19-2)7-8-16(14)18/h3-8,11H,9-10H2,1-2H3. The number of hydrogen-bond donors (Lipinski definition) is 0. The molecule has 108 valence electrons. The number of ether oxygens (including phenoxy) is 3. The van der Waals surface area contributed by atoms with E-state index in [1.807, 2.05) is 24.3 Å². The maximum atomic E-state index is 6.08. The molecule has 1 fully saturated rings. The second-order valence-corrected chi connectivity index (χ2v) is 5.27. The highest BCUT2D eigenvalue weighted by atomic mass is 16.7. The zero-order chi connectivity index (χ0) is 14.4. The number of methoxy groups -OCH3 is 1. The summed E-state index contributed by atoms with van der Waals surface area (Å²) in [6.45, 7) is 1.18. The van der Waals surface area contributed by atoms with Crippen molar-refractivity contribution in [2.75, 3.05) is 32.3 Å². The third kappa shape index (κ3) is 1.63. The summed E-state index contributed by atoms with van der Waals surface area (Å²) < 4.78 is 17.5. The molecular formula is C17H17NO3. The summed E-state index contributed by atoms with van der Waals surface area (Å²) in [5.74, 6) is -0.00696. The summed E-state index contributed by atoms with van der Waals surface area (Å²) in [6.07, 6.45) is 0. The molecule has 4 nitrogen and oxygen atoms in total. The third-order valence-electron chi connectivity index (χ3n) is 4.23. The molecule has 2 aliphatic rings. The maximum absolute atomic E-state index is 6.08. The molecule has 1 saturated heterocycles. The molecule has 0 unspecified atom stereocenters. The van der Waals surface area contributed by atoms with Crippen LogP contribution in [0.4, 0.5) is 11.4 Å². The van der Waals surface area contributed by atoms with Crippen molar-refractivity contribution in [2.24, 2.45) is 0 Å². The fraction of sp³-hybridized carbons (Fsp3) is 0.294. The Kier molecular flexibility index (Phi) is 2.71. The molecule has 2 heterocycles. The average Bonchev–Trinajstić information content (AvgIpc) is 3.03. The minimum absolute atomic E-state index is 0.592. The smallest absolute Gasteiger partial charge is 0.226 e. The number of rotatable bonds is 1. The van der Waals surface area contributed by atoms with Gasteiger partial charge in [-0.25, -0.2) is 0 Å². The van der Waals surface area contributed by atoms with Gasteiger partial charge in [-0.2, -0.15) is 0 Å². The second kappa shape index (κ2) is 4.48. The Morgan fingerprint density at radius 2 is 1.71 bits per heavy atom. The minimum Gasteiger partial charge on any atom is -0.497 e. The van der Waals surface area contributed by atoms with Crippen LogP contribution in [0.5, 0.6) is 5.75 Å². The fourth-order valence-corrected chi connectivity index (χ4v) is 3.24. The molecule has 21 heavy (non-hydrogen) atoms. The SMILES string of the molecule is COc1ccc2c(c1)C1(OCCO1)c1ccccc1N2C. The molecule has 0 bridgehead atoms. The number of fused-ring (bicyclic) bond motifs is 4. The topological polar surface area (TPSA) is 30.9 Å². The Morgan fingerprint density at radius 3 is 2.48 bits per heavy atom. The van der Waals surface area contributed by atoms with E-state index in [1.54, 1.807) is 7.11 Å². The molecule has 4 rings (SSSR count). The lowest BCUT2D eigenvalue weighted by Crippen LogP contribution is -2.36. The summed E-state index contributed by atoms with van der Waals surface area (Å²) in [5.41, 5.74) is 4.24. The van der Waals surface area contributed by atoms with Gasteiger partial charge >= 0.3 is 0 Å². The van der Waals surface area contributed by atoms with Gasteiger partial charge in [0.2, 0.25) is 5.79 Å². The molecule has 0 saturated carbocycles. The molecule has 1 spiro atoms. The monoisotopic (exact) mass is 283 g/mol. The van der Waals surface area contributed by atoms with Crippen LogP contribution < -0.4 is 9.64 Å². The van der Waals surface area contributed by atoms with Crippen molar-refractivity contribution >= 4 is 11.4 Å². The Bertz CT molecular complexity index is 692. The molecular weight excluding hydrogens is 266 g/mol. The van der Waals surface area contributed by atoms with Gasteiger partial charge in [-0.3, -0.25) is 0 Å². The fourth-order valence-electron chi connectivity index (χ4n) is 3.24. The van der Waals surface area contributed by atoms with E-state index in [2.05, 4.69) is 30.1 Å². The van der Waals surface area contributed by atoms with Gasteiger partial charge < -0.3 is 19.1 Å². The highest BCUT2D eigenvalue weighted by Crippen LogP contribution is 2.52. The van der Waals surface area contributed by atoms with Crippen molar-refractivity contribution in [2.45, 2.75) is 5.79 Å². The molecule has 0 radical (unpaired) electrons. The predicted octanol–water partition coefficient (Wildman–Crippen LogP) is 3.02. The largest absolute Gasteiger partial charge is 0.497 e. The molecule has 0 amide bonds. The van der Waals surface area contributed by atoms with Crippen LogP contribution in [0.2, 0.25) is 0 Å². The van der Waals surface area contributed by atoms with Crippen LogP contribution in [0.1, 0.15) is 11.1 Å². The molecule has 2 aliphatic heterocycles. The van der Waals surface area contributed by atoms with E-state index in [0.29, 0.717) is 13.2 Å².